The molecule has 1 aromatic heterocycles. The second-order valence-electron chi connectivity index (χ2n) is 6.69. The van der Waals surface area contributed by atoms with Crippen molar-refractivity contribution in [2.45, 2.75) is 13.8 Å². The zero-order valence-corrected chi connectivity index (χ0v) is 14.0. The van der Waals surface area contributed by atoms with E-state index in [1.807, 2.05) is 0 Å². The minimum Gasteiger partial charge on any atom is -0.379 e. The number of amides is 2. The van der Waals surface area contributed by atoms with Gasteiger partial charge in [-0.3, -0.25) is 9.88 Å². The van der Waals surface area contributed by atoms with Gasteiger partial charge in [-0.25, -0.2) is 9.18 Å². The summed E-state index contributed by atoms with van der Waals surface area (Å²) in [5, 5.41) is 2.57. The van der Waals surface area contributed by atoms with Crippen LogP contribution in [0.1, 0.15) is 13.8 Å². The van der Waals surface area contributed by atoms with Crippen LogP contribution in [0.3, 0.4) is 0 Å². The van der Waals surface area contributed by atoms with E-state index in [1.54, 1.807) is 11.9 Å². The highest BCUT2D eigenvalue weighted by Gasteiger charge is 2.26. The molecule has 1 aliphatic heterocycles. The Bertz CT molecular complexity index is 533. The molecule has 1 saturated heterocycles. The lowest BCUT2D eigenvalue weighted by molar-refractivity contribution is 0.0182. The molecule has 7 heteroatoms. The minimum absolute atomic E-state index is 0.0692. The van der Waals surface area contributed by atoms with Crippen LogP contribution in [-0.4, -0.2) is 67.3 Å². The molecular formula is C16H25FN4O2. The zero-order valence-electron chi connectivity index (χ0n) is 14.0. The predicted octanol–water partition coefficient (Wildman–Crippen LogP) is 2.04. The fourth-order valence-electron chi connectivity index (χ4n) is 2.82. The van der Waals surface area contributed by atoms with E-state index in [2.05, 4.69) is 29.0 Å². The first-order chi connectivity index (χ1) is 10.9. The maximum absolute atomic E-state index is 13.5. The van der Waals surface area contributed by atoms with Crippen molar-refractivity contribution >= 4 is 11.7 Å². The van der Waals surface area contributed by atoms with E-state index >= 15 is 0 Å². The molecule has 2 amide bonds. The molecule has 1 fully saturated rings. The molecule has 1 aromatic rings. The highest BCUT2D eigenvalue weighted by Crippen LogP contribution is 2.20. The molecule has 6 nitrogen and oxygen atoms in total. The molecule has 0 aliphatic carbocycles. The largest absolute Gasteiger partial charge is 0.379 e. The Balaban J connectivity index is 1.87. The number of morpholine rings is 1. The van der Waals surface area contributed by atoms with E-state index in [4.69, 9.17) is 4.74 Å². The standard InChI is InChI=1S/C16H25FN4O2/c1-16(2,12-21-6-8-23-9-7-21)11-20(3)15(22)19-14-4-5-18-10-13(14)17/h4-5,10H,6-9,11-12H2,1-3H3,(H,18,19,22). The SMILES string of the molecule is CN(CC(C)(C)CN1CCOCC1)C(=O)Nc1ccncc1F. The monoisotopic (exact) mass is 324 g/mol. The number of pyridine rings is 1. The summed E-state index contributed by atoms with van der Waals surface area (Å²) < 4.78 is 18.9. The van der Waals surface area contributed by atoms with Crippen LogP contribution in [-0.2, 0) is 4.74 Å². The number of urea groups is 1. The van der Waals surface area contributed by atoms with Gasteiger partial charge in [-0.1, -0.05) is 13.8 Å². The number of hydrogen-bond donors (Lipinski definition) is 1. The number of hydrogen-bond acceptors (Lipinski definition) is 4. The van der Waals surface area contributed by atoms with Crippen LogP contribution in [0, 0.1) is 11.2 Å². The lowest BCUT2D eigenvalue weighted by Gasteiger charge is -2.37. The zero-order chi connectivity index (χ0) is 16.9. The quantitative estimate of drug-likeness (QED) is 0.900. The molecule has 0 spiro atoms. The normalized spacial score (nSPS) is 16.2. The number of carbonyl (C=O) groups excluding carboxylic acids is 1. The van der Waals surface area contributed by atoms with Crippen LogP contribution >= 0.6 is 0 Å². The Morgan fingerprint density at radius 1 is 1.48 bits per heavy atom. The van der Waals surface area contributed by atoms with E-state index in [-0.39, 0.29) is 17.1 Å². The van der Waals surface area contributed by atoms with E-state index in [9.17, 15) is 9.18 Å². The summed E-state index contributed by atoms with van der Waals surface area (Å²) in [7, 11) is 1.72. The summed E-state index contributed by atoms with van der Waals surface area (Å²) >= 11 is 0. The Morgan fingerprint density at radius 2 is 2.17 bits per heavy atom. The highest BCUT2D eigenvalue weighted by molar-refractivity contribution is 5.89. The van der Waals surface area contributed by atoms with Gasteiger partial charge in [0.15, 0.2) is 5.82 Å². The second kappa shape index (κ2) is 7.70. The van der Waals surface area contributed by atoms with Gasteiger partial charge in [0.05, 0.1) is 25.1 Å². The molecule has 0 saturated carbocycles. The lowest BCUT2D eigenvalue weighted by atomic mass is 9.92. The van der Waals surface area contributed by atoms with Crippen molar-refractivity contribution in [2.75, 3.05) is 51.8 Å². The predicted molar refractivity (Wildman–Crippen MR) is 86.9 cm³/mol. The van der Waals surface area contributed by atoms with Crippen molar-refractivity contribution in [1.29, 1.82) is 0 Å². The molecule has 0 aromatic carbocycles. The first-order valence-corrected chi connectivity index (χ1v) is 7.79. The van der Waals surface area contributed by atoms with E-state index < -0.39 is 5.82 Å². The van der Waals surface area contributed by atoms with Gasteiger partial charge < -0.3 is 15.0 Å². The number of halogens is 1. The van der Waals surface area contributed by atoms with Gasteiger partial charge in [-0.2, -0.15) is 0 Å². The van der Waals surface area contributed by atoms with Crippen molar-refractivity contribution in [3.05, 3.63) is 24.3 Å². The van der Waals surface area contributed by atoms with Gasteiger partial charge in [0.1, 0.15) is 0 Å². The Hall–Kier alpha value is -1.73. The molecule has 0 bridgehead atoms. The molecule has 0 unspecified atom stereocenters. The number of ether oxygens (including phenoxy) is 1. The van der Waals surface area contributed by atoms with Crippen molar-refractivity contribution in [3.63, 3.8) is 0 Å². The number of nitrogens with zero attached hydrogens (tertiary/aromatic N) is 3. The van der Waals surface area contributed by atoms with Crippen LogP contribution in [0.5, 0.6) is 0 Å². The maximum atomic E-state index is 13.5. The van der Waals surface area contributed by atoms with Crippen molar-refractivity contribution in [3.8, 4) is 0 Å². The number of rotatable bonds is 5. The molecule has 2 rings (SSSR count). The van der Waals surface area contributed by atoms with Gasteiger partial charge in [-0.05, 0) is 11.5 Å². The maximum Gasteiger partial charge on any atom is 0.321 e. The molecule has 0 atom stereocenters. The van der Waals surface area contributed by atoms with Gasteiger partial charge in [-0.15, -0.1) is 0 Å². The van der Waals surface area contributed by atoms with Gasteiger partial charge in [0, 0.05) is 39.4 Å². The summed E-state index contributed by atoms with van der Waals surface area (Å²) in [5.41, 5.74) is 0.0723. The van der Waals surface area contributed by atoms with Crippen LogP contribution in [0.2, 0.25) is 0 Å². The third-order valence-corrected chi connectivity index (χ3v) is 3.78. The average molecular weight is 324 g/mol. The van der Waals surface area contributed by atoms with Crippen LogP contribution in [0.4, 0.5) is 14.9 Å². The highest BCUT2D eigenvalue weighted by atomic mass is 19.1. The summed E-state index contributed by atoms with van der Waals surface area (Å²) in [6, 6.07) is 1.12. The van der Waals surface area contributed by atoms with Crippen LogP contribution < -0.4 is 5.32 Å². The molecule has 23 heavy (non-hydrogen) atoms. The third-order valence-electron chi connectivity index (χ3n) is 3.78. The summed E-state index contributed by atoms with van der Waals surface area (Å²) in [6.45, 7) is 9.06. The van der Waals surface area contributed by atoms with Gasteiger partial charge in [0.2, 0.25) is 0 Å². The van der Waals surface area contributed by atoms with Crippen molar-refractivity contribution in [2.24, 2.45) is 5.41 Å². The molecular weight excluding hydrogens is 299 g/mol. The third kappa shape index (κ3) is 5.44. The van der Waals surface area contributed by atoms with E-state index in [0.717, 1.165) is 39.0 Å². The molecule has 1 N–H and O–H groups in total. The van der Waals surface area contributed by atoms with E-state index in [1.165, 1.54) is 12.3 Å². The number of aromatic nitrogens is 1. The molecule has 2 heterocycles. The minimum atomic E-state index is -0.540. The van der Waals surface area contributed by atoms with Crippen molar-refractivity contribution < 1.29 is 13.9 Å². The second-order valence-corrected chi connectivity index (χ2v) is 6.69. The van der Waals surface area contributed by atoms with Crippen molar-refractivity contribution in [1.82, 2.24) is 14.8 Å². The summed E-state index contributed by atoms with van der Waals surface area (Å²) in [6.07, 6.45) is 2.53. The lowest BCUT2D eigenvalue weighted by Crippen LogP contribution is -2.47. The molecule has 0 radical (unpaired) electrons. The molecule has 128 valence electrons. The van der Waals surface area contributed by atoms with Crippen LogP contribution in [0.25, 0.3) is 0 Å². The fourth-order valence-corrected chi connectivity index (χ4v) is 2.82. The topological polar surface area (TPSA) is 57.7 Å². The first kappa shape index (κ1) is 17.6. The van der Waals surface area contributed by atoms with Gasteiger partial charge >= 0.3 is 6.03 Å². The number of anilines is 1. The summed E-state index contributed by atoms with van der Waals surface area (Å²) in [4.78, 5) is 19.8. The smallest absolute Gasteiger partial charge is 0.321 e. The summed E-state index contributed by atoms with van der Waals surface area (Å²) in [5.74, 6) is -0.540. The Labute approximate surface area is 136 Å². The van der Waals surface area contributed by atoms with Crippen LogP contribution in [0.15, 0.2) is 18.5 Å². The average Bonchev–Trinajstić information content (AvgIpc) is 2.49. The Kier molecular flexibility index (Phi) is 5.90. The fraction of sp³-hybridized carbons (Fsp3) is 0.625. The molecule has 1 aliphatic rings. The number of nitrogens with one attached hydrogen (secondary N) is 1. The first-order valence-electron chi connectivity index (χ1n) is 7.79. The van der Waals surface area contributed by atoms with Gasteiger partial charge in [0.25, 0.3) is 0 Å². The number of carbonyl (C=O) groups is 1. The van der Waals surface area contributed by atoms with E-state index in [0.29, 0.717) is 6.54 Å². The Morgan fingerprint density at radius 3 is 2.83 bits per heavy atom.